The van der Waals surface area contributed by atoms with Crippen LogP contribution in [-0.2, 0) is 16.2 Å². The third kappa shape index (κ3) is 6.53. The maximum atomic E-state index is 7.19. The lowest BCUT2D eigenvalue weighted by atomic mass is 9.35. The molecule has 0 amide bonds. The van der Waals surface area contributed by atoms with Gasteiger partial charge in [0.05, 0.1) is 17.0 Å². The van der Waals surface area contributed by atoms with Crippen molar-refractivity contribution in [3.63, 3.8) is 0 Å². The minimum Gasteiger partial charge on any atom is -0.468 e. The van der Waals surface area contributed by atoms with Crippen molar-refractivity contribution in [3.05, 3.63) is 180 Å². The molecule has 10 rings (SSSR count). The van der Waals surface area contributed by atoms with Crippen LogP contribution in [0.2, 0.25) is 0 Å². The van der Waals surface area contributed by atoms with E-state index < -0.39 is 0 Å². The number of hydrogen-bond donors (Lipinski definition) is 0. The smallest absolute Gasteiger partial charge is 0.297 e. The second kappa shape index (κ2) is 14.1. The van der Waals surface area contributed by atoms with Gasteiger partial charge >= 0.3 is 0 Å². The summed E-state index contributed by atoms with van der Waals surface area (Å²) in [5.41, 5.74) is 18.2. The fraction of sp³-hybridized carbons (Fsp3) is 0.214. The quantitative estimate of drug-likeness (QED) is 0.162. The van der Waals surface area contributed by atoms with Crippen LogP contribution >= 0.6 is 0 Å². The SMILES string of the molecule is CC(C)(C)c1ccc(N2c3ccc(C(C)(C)C)cc3B3c4oc5ccccc5c4N(c4ccc(C(C)(C)C)cc4)c4cc(N(c5ccccc5)c5ccccc5)cc2c43)cc1. The molecule has 2 aliphatic heterocycles. The highest BCUT2D eigenvalue weighted by Gasteiger charge is 2.47. The largest absolute Gasteiger partial charge is 0.468 e. The molecule has 7 aromatic carbocycles. The van der Waals surface area contributed by atoms with Crippen LogP contribution in [0.5, 0.6) is 0 Å². The molecule has 0 spiro atoms. The Labute approximate surface area is 362 Å². The van der Waals surface area contributed by atoms with Crippen molar-refractivity contribution in [1.29, 1.82) is 0 Å². The summed E-state index contributed by atoms with van der Waals surface area (Å²) in [5, 5.41) is 1.10. The van der Waals surface area contributed by atoms with E-state index in [0.29, 0.717) is 0 Å². The van der Waals surface area contributed by atoms with Crippen molar-refractivity contribution < 1.29 is 4.42 Å². The molecule has 302 valence electrons. The molecule has 1 aromatic heterocycles. The second-order valence-electron chi connectivity index (χ2n) is 19.9. The number of benzene rings is 7. The van der Waals surface area contributed by atoms with Crippen molar-refractivity contribution in [2.24, 2.45) is 0 Å². The van der Waals surface area contributed by atoms with E-state index in [1.165, 1.54) is 27.6 Å². The first kappa shape index (κ1) is 38.7. The van der Waals surface area contributed by atoms with Gasteiger partial charge in [0, 0.05) is 45.2 Å². The molecule has 0 bridgehead atoms. The molecule has 0 saturated heterocycles. The summed E-state index contributed by atoms with van der Waals surface area (Å²) in [5.74, 6) is 0. The highest BCUT2D eigenvalue weighted by Crippen LogP contribution is 2.50. The topological polar surface area (TPSA) is 22.9 Å². The molecule has 2 aliphatic rings. The molecule has 8 aromatic rings. The summed E-state index contributed by atoms with van der Waals surface area (Å²) in [4.78, 5) is 7.39. The van der Waals surface area contributed by atoms with Crippen LogP contribution in [0.3, 0.4) is 0 Å². The Morgan fingerprint density at radius 3 is 1.46 bits per heavy atom. The normalized spacial score (nSPS) is 13.6. The number of furan rings is 1. The molecule has 0 fully saturated rings. The van der Waals surface area contributed by atoms with Crippen LogP contribution in [0.15, 0.2) is 168 Å². The average Bonchev–Trinajstić information content (AvgIpc) is 3.62. The number of para-hydroxylation sites is 3. The third-order valence-corrected chi connectivity index (χ3v) is 12.7. The molecule has 0 saturated carbocycles. The number of nitrogens with zero attached hydrogens (tertiary/aromatic N) is 3. The minimum absolute atomic E-state index is 0.0154. The molecular formula is C56H54BN3O. The van der Waals surface area contributed by atoms with Crippen LogP contribution in [0, 0.1) is 0 Å². The van der Waals surface area contributed by atoms with E-state index in [0.717, 1.165) is 67.8 Å². The van der Waals surface area contributed by atoms with Gasteiger partial charge in [-0.05, 0) is 123 Å². The fourth-order valence-corrected chi connectivity index (χ4v) is 9.38. The lowest BCUT2D eigenvalue weighted by molar-refractivity contribution is 0.590. The summed E-state index contributed by atoms with van der Waals surface area (Å²) >= 11 is 0. The fourth-order valence-electron chi connectivity index (χ4n) is 9.38. The average molecular weight is 796 g/mol. The van der Waals surface area contributed by atoms with Gasteiger partial charge in [0.15, 0.2) is 0 Å². The number of fused-ring (bicyclic) bond motifs is 6. The predicted octanol–water partition coefficient (Wildman–Crippen LogP) is 13.9. The zero-order chi connectivity index (χ0) is 42.4. The van der Waals surface area contributed by atoms with E-state index in [1.807, 2.05) is 0 Å². The highest BCUT2D eigenvalue weighted by atomic mass is 16.3. The van der Waals surface area contributed by atoms with Crippen LogP contribution in [0.25, 0.3) is 11.0 Å². The van der Waals surface area contributed by atoms with Gasteiger partial charge in [0.2, 0.25) is 0 Å². The van der Waals surface area contributed by atoms with Gasteiger partial charge < -0.3 is 19.1 Å². The van der Waals surface area contributed by atoms with Gasteiger partial charge in [-0.25, -0.2) is 0 Å². The maximum absolute atomic E-state index is 7.19. The zero-order valence-electron chi connectivity index (χ0n) is 36.9. The molecule has 0 atom stereocenters. The van der Waals surface area contributed by atoms with Gasteiger partial charge in [-0.2, -0.15) is 0 Å². The summed E-state index contributed by atoms with van der Waals surface area (Å²) < 4.78 is 7.19. The summed E-state index contributed by atoms with van der Waals surface area (Å²) in [7, 11) is 0. The Kier molecular flexibility index (Phi) is 8.93. The first-order chi connectivity index (χ1) is 29.2. The Hall–Kier alpha value is -6.46. The molecule has 0 N–H and O–H groups in total. The number of anilines is 9. The third-order valence-electron chi connectivity index (χ3n) is 12.7. The molecule has 0 unspecified atom stereocenters. The van der Waals surface area contributed by atoms with Gasteiger partial charge in [-0.1, -0.05) is 147 Å². The zero-order valence-corrected chi connectivity index (χ0v) is 36.9. The summed E-state index contributed by atoms with van der Waals surface area (Å²) in [6.45, 7) is 20.5. The molecule has 61 heavy (non-hydrogen) atoms. The summed E-state index contributed by atoms with van der Waals surface area (Å²) in [6.07, 6.45) is 0. The van der Waals surface area contributed by atoms with Gasteiger partial charge in [-0.3, -0.25) is 0 Å². The molecule has 5 heteroatoms. The Bertz CT molecular complexity index is 2870. The van der Waals surface area contributed by atoms with E-state index in [2.05, 4.69) is 241 Å². The van der Waals surface area contributed by atoms with E-state index >= 15 is 0 Å². The summed E-state index contributed by atoms with van der Waals surface area (Å²) in [6, 6.07) is 60.5. The predicted molar refractivity (Wildman–Crippen MR) is 261 cm³/mol. The van der Waals surface area contributed by atoms with E-state index in [-0.39, 0.29) is 23.0 Å². The molecule has 0 radical (unpaired) electrons. The van der Waals surface area contributed by atoms with Crippen molar-refractivity contribution >= 4 is 85.5 Å². The van der Waals surface area contributed by atoms with Crippen molar-refractivity contribution in [1.82, 2.24) is 0 Å². The van der Waals surface area contributed by atoms with Crippen LogP contribution in [0.1, 0.15) is 79.0 Å². The lowest BCUT2D eigenvalue weighted by Crippen LogP contribution is -2.61. The number of rotatable bonds is 5. The van der Waals surface area contributed by atoms with Crippen LogP contribution in [-0.4, -0.2) is 6.71 Å². The van der Waals surface area contributed by atoms with Crippen LogP contribution in [0.4, 0.5) is 51.2 Å². The first-order valence-corrected chi connectivity index (χ1v) is 21.7. The number of hydrogen-bond acceptors (Lipinski definition) is 4. The van der Waals surface area contributed by atoms with Gasteiger partial charge in [0.25, 0.3) is 6.71 Å². The van der Waals surface area contributed by atoms with Crippen molar-refractivity contribution in [2.45, 2.75) is 78.6 Å². The minimum atomic E-state index is -0.157. The lowest BCUT2D eigenvalue weighted by Gasteiger charge is -2.44. The Morgan fingerprint density at radius 1 is 0.443 bits per heavy atom. The van der Waals surface area contributed by atoms with Crippen molar-refractivity contribution in [3.8, 4) is 0 Å². The maximum Gasteiger partial charge on any atom is 0.297 e. The van der Waals surface area contributed by atoms with E-state index in [1.54, 1.807) is 0 Å². The van der Waals surface area contributed by atoms with Gasteiger partial charge in [0.1, 0.15) is 5.58 Å². The van der Waals surface area contributed by atoms with E-state index in [4.69, 9.17) is 4.42 Å². The molecule has 3 heterocycles. The van der Waals surface area contributed by atoms with Gasteiger partial charge in [-0.15, -0.1) is 0 Å². The highest BCUT2D eigenvalue weighted by molar-refractivity contribution is 7.00. The standard InChI is InChI=1S/C56H54BN3O/c1-54(2,3)37-24-29-42(30-25-37)59-47-33-28-39(56(7,8)9)34-46(47)57-51-48(59)35-44(58(40-18-12-10-13-19-40)41-20-14-11-15-21-41)36-49(51)60(43-31-26-38(27-32-43)55(4,5)6)52-45-22-16-17-23-50(45)61-53(52)57/h10-36H,1-9H3. The molecular weight excluding hydrogens is 741 g/mol. The monoisotopic (exact) mass is 795 g/mol. The Morgan fingerprint density at radius 2 is 0.918 bits per heavy atom. The molecule has 0 aliphatic carbocycles. The Balaban J connectivity index is 1.35. The van der Waals surface area contributed by atoms with E-state index in [9.17, 15) is 0 Å². The van der Waals surface area contributed by atoms with Crippen LogP contribution < -0.4 is 31.3 Å². The first-order valence-electron chi connectivity index (χ1n) is 21.7. The molecule has 4 nitrogen and oxygen atoms in total. The van der Waals surface area contributed by atoms with Crippen molar-refractivity contribution in [2.75, 3.05) is 14.7 Å². The second-order valence-corrected chi connectivity index (χ2v) is 19.9.